The van der Waals surface area contributed by atoms with Gasteiger partial charge in [-0.15, -0.1) is 0 Å². The highest BCUT2D eigenvalue weighted by Crippen LogP contribution is 2.46. The Morgan fingerprint density at radius 2 is 1.85 bits per heavy atom. The van der Waals surface area contributed by atoms with Crippen LogP contribution in [0, 0.1) is 5.92 Å². The zero-order valence-electron chi connectivity index (χ0n) is 15.2. The highest BCUT2D eigenvalue weighted by Gasteiger charge is 2.46. The SMILES string of the molecule is O=C(Cc1ccc2[nH]c(=O)[nH]c2c1)N1CC(c2ccccc2)C2CCCC21. The minimum absolute atomic E-state index is 0.197. The van der Waals surface area contributed by atoms with Crippen LogP contribution in [0.2, 0.25) is 0 Å². The van der Waals surface area contributed by atoms with E-state index >= 15 is 0 Å². The summed E-state index contributed by atoms with van der Waals surface area (Å²) < 4.78 is 0. The average molecular weight is 361 g/mol. The monoisotopic (exact) mass is 361 g/mol. The van der Waals surface area contributed by atoms with Crippen molar-refractivity contribution in [3.05, 3.63) is 70.1 Å². The number of fused-ring (bicyclic) bond motifs is 2. The number of benzene rings is 2. The van der Waals surface area contributed by atoms with E-state index in [0.29, 0.717) is 24.3 Å². The van der Waals surface area contributed by atoms with Gasteiger partial charge in [0.15, 0.2) is 0 Å². The Labute approximate surface area is 157 Å². The topological polar surface area (TPSA) is 69.0 Å². The molecule has 1 aromatic heterocycles. The largest absolute Gasteiger partial charge is 0.339 e. The summed E-state index contributed by atoms with van der Waals surface area (Å²) in [6, 6.07) is 16.7. The lowest BCUT2D eigenvalue weighted by molar-refractivity contribution is -0.131. The quantitative estimate of drug-likeness (QED) is 0.752. The third-order valence-electron chi connectivity index (χ3n) is 6.33. The number of imidazole rings is 1. The molecule has 1 aliphatic carbocycles. The molecule has 3 atom stereocenters. The number of carbonyl (C=O) groups excluding carboxylic acids is 1. The Balaban J connectivity index is 1.38. The molecule has 0 radical (unpaired) electrons. The molecule has 2 fully saturated rings. The van der Waals surface area contributed by atoms with Crippen molar-refractivity contribution in [1.29, 1.82) is 0 Å². The number of aromatic nitrogens is 2. The zero-order chi connectivity index (χ0) is 18.4. The van der Waals surface area contributed by atoms with Gasteiger partial charge in [-0.2, -0.15) is 0 Å². The number of nitrogens with one attached hydrogen (secondary N) is 2. The van der Waals surface area contributed by atoms with E-state index in [-0.39, 0.29) is 11.6 Å². The molecule has 0 spiro atoms. The van der Waals surface area contributed by atoms with Crippen LogP contribution in [0.3, 0.4) is 0 Å². The van der Waals surface area contributed by atoms with Gasteiger partial charge in [0.2, 0.25) is 5.91 Å². The first-order valence-electron chi connectivity index (χ1n) is 9.74. The van der Waals surface area contributed by atoms with Crippen molar-refractivity contribution < 1.29 is 4.79 Å². The molecule has 1 amide bonds. The van der Waals surface area contributed by atoms with E-state index in [0.717, 1.165) is 29.6 Å². The number of likely N-dealkylation sites (tertiary alicyclic amines) is 1. The number of H-pyrrole nitrogens is 2. The molecule has 3 unspecified atom stereocenters. The van der Waals surface area contributed by atoms with Gasteiger partial charge >= 0.3 is 5.69 Å². The number of hydrogen-bond acceptors (Lipinski definition) is 2. The maximum absolute atomic E-state index is 13.1. The molecule has 1 saturated heterocycles. The summed E-state index contributed by atoms with van der Waals surface area (Å²) in [6.07, 6.45) is 3.92. The number of aromatic amines is 2. The fourth-order valence-corrected chi connectivity index (χ4v) is 5.11. The third-order valence-corrected chi connectivity index (χ3v) is 6.33. The Bertz CT molecular complexity index is 1040. The molecular weight excluding hydrogens is 338 g/mol. The summed E-state index contributed by atoms with van der Waals surface area (Å²) in [4.78, 5) is 32.2. The second kappa shape index (κ2) is 6.41. The first-order valence-corrected chi connectivity index (χ1v) is 9.74. The number of carbonyl (C=O) groups is 1. The van der Waals surface area contributed by atoms with Gasteiger partial charge in [-0.1, -0.05) is 42.8 Å². The van der Waals surface area contributed by atoms with Crippen molar-refractivity contribution in [2.75, 3.05) is 6.54 Å². The van der Waals surface area contributed by atoms with E-state index in [1.54, 1.807) is 0 Å². The van der Waals surface area contributed by atoms with Crippen molar-refractivity contribution in [2.45, 2.75) is 37.6 Å². The van der Waals surface area contributed by atoms with Crippen LogP contribution >= 0.6 is 0 Å². The first kappa shape index (κ1) is 16.4. The molecule has 2 heterocycles. The fourth-order valence-electron chi connectivity index (χ4n) is 5.11. The van der Waals surface area contributed by atoms with E-state index in [2.05, 4.69) is 45.2 Å². The Kier molecular flexibility index (Phi) is 3.88. The standard InChI is InChI=1S/C22H23N3O2/c26-21(12-14-9-10-18-19(11-14)24-22(27)23-18)25-13-17(15-5-2-1-3-6-15)16-7-4-8-20(16)25/h1-3,5-6,9-11,16-17,20H,4,7-8,12-13H2,(H2,23,24,27). The molecule has 5 nitrogen and oxygen atoms in total. The number of nitrogens with zero attached hydrogens (tertiary/aromatic N) is 1. The van der Waals surface area contributed by atoms with Crippen molar-refractivity contribution in [3.8, 4) is 0 Å². The molecule has 5 heteroatoms. The highest BCUT2D eigenvalue weighted by molar-refractivity contribution is 5.82. The maximum Gasteiger partial charge on any atom is 0.323 e. The van der Waals surface area contributed by atoms with Crippen molar-refractivity contribution in [3.63, 3.8) is 0 Å². The zero-order valence-corrected chi connectivity index (χ0v) is 15.2. The van der Waals surface area contributed by atoms with Crippen LogP contribution in [0.5, 0.6) is 0 Å². The van der Waals surface area contributed by atoms with Crippen LogP contribution in [0.1, 0.15) is 36.3 Å². The van der Waals surface area contributed by atoms with Gasteiger partial charge in [0, 0.05) is 18.5 Å². The van der Waals surface area contributed by atoms with Gasteiger partial charge < -0.3 is 14.9 Å². The van der Waals surface area contributed by atoms with Gasteiger partial charge in [0.25, 0.3) is 0 Å². The number of rotatable bonds is 3. The molecular formula is C22H23N3O2. The van der Waals surface area contributed by atoms with E-state index in [9.17, 15) is 9.59 Å². The minimum Gasteiger partial charge on any atom is -0.339 e. The van der Waals surface area contributed by atoms with Crippen LogP contribution in [0.25, 0.3) is 11.0 Å². The Morgan fingerprint density at radius 3 is 2.70 bits per heavy atom. The molecule has 138 valence electrons. The molecule has 5 rings (SSSR count). The van der Waals surface area contributed by atoms with E-state index < -0.39 is 0 Å². The van der Waals surface area contributed by atoms with Gasteiger partial charge in [0.1, 0.15) is 0 Å². The Morgan fingerprint density at radius 1 is 1.04 bits per heavy atom. The lowest BCUT2D eigenvalue weighted by atomic mass is 9.87. The normalized spacial score (nSPS) is 24.4. The average Bonchev–Trinajstić information content (AvgIpc) is 3.35. The highest BCUT2D eigenvalue weighted by atomic mass is 16.2. The molecule has 1 aliphatic heterocycles. The Hall–Kier alpha value is -2.82. The number of amides is 1. The van der Waals surface area contributed by atoms with Gasteiger partial charge in [-0.25, -0.2) is 4.79 Å². The molecule has 27 heavy (non-hydrogen) atoms. The summed E-state index contributed by atoms with van der Waals surface area (Å²) in [5.74, 6) is 1.23. The smallest absolute Gasteiger partial charge is 0.323 e. The van der Waals surface area contributed by atoms with Crippen LogP contribution < -0.4 is 5.69 Å². The minimum atomic E-state index is -0.215. The maximum atomic E-state index is 13.1. The molecule has 2 aromatic carbocycles. The van der Waals surface area contributed by atoms with Crippen LogP contribution in [-0.4, -0.2) is 33.4 Å². The summed E-state index contributed by atoms with van der Waals surface area (Å²) in [6.45, 7) is 0.821. The molecule has 2 N–H and O–H groups in total. The first-order chi connectivity index (χ1) is 13.2. The van der Waals surface area contributed by atoms with Gasteiger partial charge in [-0.05, 0) is 42.0 Å². The van der Waals surface area contributed by atoms with Gasteiger partial charge in [0.05, 0.1) is 17.5 Å². The third kappa shape index (κ3) is 2.87. The summed E-state index contributed by atoms with van der Waals surface area (Å²) in [5, 5.41) is 0. The summed E-state index contributed by atoms with van der Waals surface area (Å²) >= 11 is 0. The second-order valence-electron chi connectivity index (χ2n) is 7.86. The van der Waals surface area contributed by atoms with Gasteiger partial charge in [-0.3, -0.25) is 4.79 Å². The summed E-state index contributed by atoms with van der Waals surface area (Å²) in [7, 11) is 0. The predicted octanol–water partition coefficient (Wildman–Crippen LogP) is 3.19. The van der Waals surface area contributed by atoms with Crippen molar-refractivity contribution in [1.82, 2.24) is 14.9 Å². The second-order valence-corrected chi connectivity index (χ2v) is 7.86. The van der Waals surface area contributed by atoms with E-state index in [4.69, 9.17) is 0 Å². The van der Waals surface area contributed by atoms with E-state index in [1.807, 2.05) is 18.2 Å². The van der Waals surface area contributed by atoms with Crippen LogP contribution in [0.15, 0.2) is 53.3 Å². The summed E-state index contributed by atoms with van der Waals surface area (Å²) in [5.41, 5.74) is 3.62. The molecule has 3 aromatic rings. The molecule has 1 saturated carbocycles. The van der Waals surface area contributed by atoms with Crippen molar-refractivity contribution >= 4 is 16.9 Å². The van der Waals surface area contributed by atoms with Crippen LogP contribution in [-0.2, 0) is 11.2 Å². The predicted molar refractivity (Wildman–Crippen MR) is 105 cm³/mol. The molecule has 0 bridgehead atoms. The lowest BCUT2D eigenvalue weighted by Gasteiger charge is -2.23. The van der Waals surface area contributed by atoms with E-state index in [1.165, 1.54) is 18.4 Å². The van der Waals surface area contributed by atoms with Crippen LogP contribution in [0.4, 0.5) is 0 Å². The van der Waals surface area contributed by atoms with Crippen molar-refractivity contribution in [2.24, 2.45) is 5.92 Å². The molecule has 2 aliphatic rings. The fraction of sp³-hybridized carbons (Fsp3) is 0.364. The number of hydrogen-bond donors (Lipinski definition) is 2. The lowest BCUT2D eigenvalue weighted by Crippen LogP contribution is -2.37.